The van der Waals surface area contributed by atoms with E-state index in [2.05, 4.69) is 11.8 Å². The summed E-state index contributed by atoms with van der Waals surface area (Å²) in [6.45, 7) is 4.27. The molecule has 0 aromatic heterocycles. The quantitative estimate of drug-likeness (QED) is 0.809. The van der Waals surface area contributed by atoms with Gasteiger partial charge in [-0.05, 0) is 56.3 Å². The van der Waals surface area contributed by atoms with Crippen molar-refractivity contribution in [2.75, 3.05) is 13.1 Å². The number of nitrogens with zero attached hydrogens (tertiary/aromatic N) is 1. The fourth-order valence-corrected chi connectivity index (χ4v) is 4.48. The maximum Gasteiger partial charge on any atom is 0.225 e. The van der Waals surface area contributed by atoms with Crippen molar-refractivity contribution in [1.82, 2.24) is 4.90 Å². The number of carbonyl (C=O) groups excluding carboxylic acids is 1. The van der Waals surface area contributed by atoms with E-state index in [-0.39, 0.29) is 18.3 Å². The Bertz CT molecular complexity index is 327. The molecule has 3 aliphatic rings. The van der Waals surface area contributed by atoms with Crippen molar-refractivity contribution >= 4 is 18.3 Å². The van der Waals surface area contributed by atoms with Crippen LogP contribution in [0, 0.1) is 23.7 Å². The Kier molecular flexibility index (Phi) is 5.36. The van der Waals surface area contributed by atoms with Gasteiger partial charge in [-0.25, -0.2) is 0 Å². The molecule has 2 bridgehead atoms. The van der Waals surface area contributed by atoms with Gasteiger partial charge in [-0.1, -0.05) is 13.3 Å². The first kappa shape index (κ1) is 16.1. The number of halogens is 1. The Morgan fingerprint density at radius 1 is 1.05 bits per heavy atom. The fraction of sp³-hybridized carbons (Fsp3) is 0.938. The van der Waals surface area contributed by atoms with Crippen LogP contribution in [0.5, 0.6) is 0 Å². The zero-order valence-corrected chi connectivity index (χ0v) is 13.4. The Hall–Kier alpha value is -0.280. The number of rotatable bonds is 1. The van der Waals surface area contributed by atoms with E-state index in [9.17, 15) is 4.79 Å². The van der Waals surface area contributed by atoms with Crippen LogP contribution in [0.15, 0.2) is 0 Å². The van der Waals surface area contributed by atoms with E-state index >= 15 is 0 Å². The van der Waals surface area contributed by atoms with Crippen LogP contribution in [-0.2, 0) is 4.79 Å². The number of likely N-dealkylation sites (tertiary alicyclic amines) is 1. The molecular weight excluding hydrogens is 272 g/mol. The number of nitrogens with two attached hydrogens (primary N) is 1. The minimum atomic E-state index is 0. The van der Waals surface area contributed by atoms with E-state index in [4.69, 9.17) is 5.73 Å². The maximum atomic E-state index is 12.7. The zero-order chi connectivity index (χ0) is 13.4. The second-order valence-corrected chi connectivity index (χ2v) is 7.20. The van der Waals surface area contributed by atoms with Crippen LogP contribution in [-0.4, -0.2) is 29.9 Å². The first-order chi connectivity index (χ1) is 9.15. The van der Waals surface area contributed by atoms with Gasteiger partial charge in [-0.2, -0.15) is 0 Å². The van der Waals surface area contributed by atoms with Gasteiger partial charge in [0.15, 0.2) is 0 Å². The molecule has 116 valence electrons. The number of piperidine rings is 1. The van der Waals surface area contributed by atoms with Gasteiger partial charge < -0.3 is 10.6 Å². The van der Waals surface area contributed by atoms with Crippen LogP contribution < -0.4 is 5.73 Å². The monoisotopic (exact) mass is 300 g/mol. The van der Waals surface area contributed by atoms with Gasteiger partial charge >= 0.3 is 0 Å². The Morgan fingerprint density at radius 2 is 1.60 bits per heavy atom. The molecule has 1 saturated heterocycles. The molecule has 1 heterocycles. The van der Waals surface area contributed by atoms with E-state index in [0.29, 0.717) is 23.8 Å². The summed E-state index contributed by atoms with van der Waals surface area (Å²) in [7, 11) is 0. The number of carbonyl (C=O) groups is 1. The summed E-state index contributed by atoms with van der Waals surface area (Å²) in [6.07, 6.45) is 8.31. The van der Waals surface area contributed by atoms with Gasteiger partial charge in [-0.3, -0.25) is 4.79 Å². The number of amides is 1. The summed E-state index contributed by atoms with van der Waals surface area (Å²) in [5.41, 5.74) is 6.32. The van der Waals surface area contributed by atoms with Crippen molar-refractivity contribution in [3.05, 3.63) is 0 Å². The SMILES string of the molecule is CC1CCN(C(=O)C2CC3CCCC(C2)C3N)CC1.Cl. The van der Waals surface area contributed by atoms with Gasteiger partial charge in [0, 0.05) is 25.0 Å². The molecule has 0 radical (unpaired) electrons. The van der Waals surface area contributed by atoms with Gasteiger partial charge in [0.05, 0.1) is 0 Å². The van der Waals surface area contributed by atoms with E-state index < -0.39 is 0 Å². The second kappa shape index (κ2) is 6.65. The molecule has 2 N–H and O–H groups in total. The summed E-state index contributed by atoms with van der Waals surface area (Å²) in [4.78, 5) is 14.8. The lowest BCUT2D eigenvalue weighted by Gasteiger charge is -2.45. The highest BCUT2D eigenvalue weighted by atomic mass is 35.5. The molecule has 4 heteroatoms. The topological polar surface area (TPSA) is 46.3 Å². The largest absolute Gasteiger partial charge is 0.342 e. The van der Waals surface area contributed by atoms with E-state index in [1.165, 1.54) is 32.1 Å². The summed E-state index contributed by atoms with van der Waals surface area (Å²) in [6, 6.07) is 0.374. The van der Waals surface area contributed by atoms with Crippen molar-refractivity contribution in [2.45, 2.75) is 57.9 Å². The molecule has 3 nitrogen and oxygen atoms in total. The average molecular weight is 301 g/mol. The first-order valence-electron chi connectivity index (χ1n) is 8.19. The van der Waals surface area contributed by atoms with Gasteiger partial charge in [0.1, 0.15) is 0 Å². The lowest BCUT2D eigenvalue weighted by atomic mass is 9.65. The van der Waals surface area contributed by atoms with E-state index in [0.717, 1.165) is 31.8 Å². The molecule has 1 aliphatic heterocycles. The highest BCUT2D eigenvalue weighted by molar-refractivity contribution is 5.85. The lowest BCUT2D eigenvalue weighted by Crippen LogP contribution is -2.50. The third-order valence-electron chi connectivity index (χ3n) is 5.86. The van der Waals surface area contributed by atoms with Gasteiger partial charge in [-0.15, -0.1) is 12.4 Å². The first-order valence-corrected chi connectivity index (χ1v) is 8.19. The normalized spacial score (nSPS) is 38.2. The molecule has 0 spiro atoms. The summed E-state index contributed by atoms with van der Waals surface area (Å²) in [5, 5.41) is 0. The molecule has 0 aromatic rings. The Morgan fingerprint density at radius 3 is 2.15 bits per heavy atom. The van der Waals surface area contributed by atoms with Gasteiger partial charge in [0.2, 0.25) is 5.91 Å². The van der Waals surface area contributed by atoms with Crippen LogP contribution in [0.25, 0.3) is 0 Å². The second-order valence-electron chi connectivity index (χ2n) is 7.20. The minimum absolute atomic E-state index is 0. The fourth-order valence-electron chi connectivity index (χ4n) is 4.48. The van der Waals surface area contributed by atoms with E-state index in [1.807, 2.05) is 0 Å². The molecule has 2 saturated carbocycles. The molecule has 3 fully saturated rings. The lowest BCUT2D eigenvalue weighted by molar-refractivity contribution is -0.140. The summed E-state index contributed by atoms with van der Waals surface area (Å²) >= 11 is 0. The van der Waals surface area contributed by atoms with Crippen LogP contribution in [0.2, 0.25) is 0 Å². The third-order valence-corrected chi connectivity index (χ3v) is 5.86. The van der Waals surface area contributed by atoms with Crippen LogP contribution in [0.1, 0.15) is 51.9 Å². The predicted octanol–water partition coefficient (Wildman–Crippen LogP) is 2.82. The van der Waals surface area contributed by atoms with E-state index in [1.54, 1.807) is 0 Å². The third kappa shape index (κ3) is 3.14. The van der Waals surface area contributed by atoms with Crippen molar-refractivity contribution in [2.24, 2.45) is 29.4 Å². The van der Waals surface area contributed by atoms with Crippen molar-refractivity contribution < 1.29 is 4.79 Å². The number of hydrogen-bond acceptors (Lipinski definition) is 2. The average Bonchev–Trinajstić information content (AvgIpc) is 2.38. The number of hydrogen-bond donors (Lipinski definition) is 1. The molecule has 2 unspecified atom stereocenters. The Balaban J connectivity index is 0.00000147. The number of fused-ring (bicyclic) bond motifs is 2. The van der Waals surface area contributed by atoms with Crippen LogP contribution >= 0.6 is 12.4 Å². The predicted molar refractivity (Wildman–Crippen MR) is 83.8 cm³/mol. The maximum absolute atomic E-state index is 12.7. The van der Waals surface area contributed by atoms with Crippen molar-refractivity contribution in [3.8, 4) is 0 Å². The molecule has 3 rings (SSSR count). The summed E-state index contributed by atoms with van der Waals surface area (Å²) in [5.74, 6) is 2.75. The Labute approximate surface area is 129 Å². The molecule has 2 aliphatic carbocycles. The van der Waals surface area contributed by atoms with Crippen molar-refractivity contribution in [3.63, 3.8) is 0 Å². The van der Waals surface area contributed by atoms with Crippen LogP contribution in [0.4, 0.5) is 0 Å². The molecule has 20 heavy (non-hydrogen) atoms. The highest BCUT2D eigenvalue weighted by Crippen LogP contribution is 2.42. The zero-order valence-electron chi connectivity index (χ0n) is 12.6. The molecule has 0 aromatic carbocycles. The van der Waals surface area contributed by atoms with Gasteiger partial charge in [0.25, 0.3) is 0 Å². The molecule has 1 amide bonds. The molecule has 2 atom stereocenters. The minimum Gasteiger partial charge on any atom is -0.342 e. The highest BCUT2D eigenvalue weighted by Gasteiger charge is 2.41. The molecular formula is C16H29ClN2O. The van der Waals surface area contributed by atoms with Crippen molar-refractivity contribution in [1.29, 1.82) is 0 Å². The van der Waals surface area contributed by atoms with Crippen LogP contribution in [0.3, 0.4) is 0 Å². The summed E-state index contributed by atoms with van der Waals surface area (Å²) < 4.78 is 0. The smallest absolute Gasteiger partial charge is 0.225 e. The standard InChI is InChI=1S/C16H28N2O.ClH/c1-11-5-7-18(8-6-11)16(19)14-9-12-3-2-4-13(10-14)15(12)17;/h11-15H,2-10,17H2,1H3;1H.